The van der Waals surface area contributed by atoms with Crippen LogP contribution in [-0.4, -0.2) is 19.5 Å². The second kappa shape index (κ2) is 15.3. The summed E-state index contributed by atoms with van der Waals surface area (Å²) in [4.78, 5) is 13.7. The maximum absolute atomic E-state index is 11.7. The lowest BCUT2D eigenvalue weighted by atomic mass is 9.69. The van der Waals surface area contributed by atoms with Gasteiger partial charge in [0.05, 0.1) is 27.2 Å². The number of carbonyl (C=O) groups excluding carboxylic acids is 1. The van der Waals surface area contributed by atoms with Crippen molar-refractivity contribution in [2.24, 2.45) is 47.3 Å². The molecule has 4 aliphatic carbocycles. The smallest absolute Gasteiger partial charge is 0.162 e. The maximum atomic E-state index is 11.7. The van der Waals surface area contributed by atoms with Gasteiger partial charge in [-0.05, 0) is 137 Å². The van der Waals surface area contributed by atoms with Gasteiger partial charge in [-0.25, -0.2) is 0 Å². The van der Waals surface area contributed by atoms with Gasteiger partial charge in [0.15, 0.2) is 6.29 Å². The van der Waals surface area contributed by atoms with Crippen molar-refractivity contribution in [3.63, 3.8) is 0 Å². The summed E-state index contributed by atoms with van der Waals surface area (Å²) in [5.74, 6) is 8.52. The van der Waals surface area contributed by atoms with E-state index in [0.29, 0.717) is 18.1 Å². The summed E-state index contributed by atoms with van der Waals surface area (Å²) in [6.07, 6.45) is 22.5. The Bertz CT molecular complexity index is 1110. The molecule has 6 rings (SSSR count). The fourth-order valence-corrected chi connectivity index (χ4v) is 11.5. The van der Waals surface area contributed by atoms with Crippen LogP contribution in [0.1, 0.15) is 117 Å². The van der Waals surface area contributed by atoms with E-state index in [2.05, 4.69) is 32.0 Å². The van der Waals surface area contributed by atoms with Gasteiger partial charge in [0.2, 0.25) is 0 Å². The molecule has 1 heterocycles. The summed E-state index contributed by atoms with van der Waals surface area (Å²) in [5.41, 5.74) is 0.193. The zero-order valence-corrected chi connectivity index (χ0v) is 28.7. The Hall–Kier alpha value is -1.58. The molecule has 5 aliphatic rings. The Kier molecular flexibility index (Phi) is 11.3. The van der Waals surface area contributed by atoms with Gasteiger partial charge in [0, 0.05) is 0 Å². The molecule has 240 valence electrons. The van der Waals surface area contributed by atoms with Gasteiger partial charge in [-0.3, -0.25) is 4.79 Å². The molecule has 0 radical (unpaired) electrons. The Morgan fingerprint density at radius 2 is 1.05 bits per heavy atom. The number of allylic oxidation sites excluding steroid dienone is 1. The maximum Gasteiger partial charge on any atom is 0.162 e. The van der Waals surface area contributed by atoms with Crippen molar-refractivity contribution < 1.29 is 14.3 Å². The first kappa shape index (κ1) is 32.4. The average Bonchev–Trinajstić information content (AvgIpc) is 3.51. The average molecular weight is 636 g/mol. The van der Waals surface area contributed by atoms with Crippen LogP contribution >= 0.6 is 23.5 Å². The highest BCUT2D eigenvalue weighted by molar-refractivity contribution is 8.24. The SMILES string of the molecule is CC1CCC(C2CCC(COc3ccc(OCC4CCC(C5CCC(C)CC5)CC4)c4c3SC(=C(C#N)C=O)S4)CC2)CC1. The highest BCUT2D eigenvalue weighted by Crippen LogP contribution is 2.59. The number of hydrogen-bond donors (Lipinski definition) is 0. The predicted molar refractivity (Wildman–Crippen MR) is 181 cm³/mol. The number of aldehydes is 1. The largest absolute Gasteiger partial charge is 0.492 e. The van der Waals surface area contributed by atoms with Crippen molar-refractivity contribution in [3.05, 3.63) is 21.9 Å². The molecule has 4 nitrogen and oxygen atoms in total. The first-order chi connectivity index (χ1) is 21.5. The minimum absolute atomic E-state index is 0.193. The van der Waals surface area contributed by atoms with E-state index in [4.69, 9.17) is 9.47 Å². The van der Waals surface area contributed by atoms with E-state index in [9.17, 15) is 10.1 Å². The zero-order chi connectivity index (χ0) is 30.5. The summed E-state index contributed by atoms with van der Waals surface area (Å²) in [7, 11) is 0. The van der Waals surface area contributed by atoms with Crippen LogP contribution in [0.25, 0.3) is 0 Å². The lowest BCUT2D eigenvalue weighted by Gasteiger charge is -2.37. The fraction of sp³-hybridized carbons (Fsp3) is 0.737. The van der Waals surface area contributed by atoms with E-state index in [0.717, 1.165) is 74.2 Å². The number of nitriles is 1. The van der Waals surface area contributed by atoms with E-state index in [1.54, 1.807) is 0 Å². The summed E-state index contributed by atoms with van der Waals surface area (Å²) in [6, 6.07) is 6.22. The molecule has 0 N–H and O–H groups in total. The Balaban J connectivity index is 1.04. The quantitative estimate of drug-likeness (QED) is 0.153. The van der Waals surface area contributed by atoms with Crippen LogP contribution in [0.3, 0.4) is 0 Å². The van der Waals surface area contributed by atoms with Crippen molar-refractivity contribution >= 4 is 29.8 Å². The third-order valence-corrected chi connectivity index (χ3v) is 14.7. The van der Waals surface area contributed by atoms with Crippen molar-refractivity contribution in [1.82, 2.24) is 0 Å². The van der Waals surface area contributed by atoms with Crippen LogP contribution in [0, 0.1) is 58.7 Å². The number of benzene rings is 1. The molecule has 1 aromatic rings. The second-order valence-electron chi connectivity index (χ2n) is 15.1. The van der Waals surface area contributed by atoms with Crippen LogP contribution < -0.4 is 9.47 Å². The van der Waals surface area contributed by atoms with Crippen molar-refractivity contribution in [2.45, 2.75) is 126 Å². The van der Waals surface area contributed by atoms with Crippen molar-refractivity contribution in [1.29, 1.82) is 5.26 Å². The van der Waals surface area contributed by atoms with Crippen LogP contribution in [-0.2, 0) is 4.79 Å². The van der Waals surface area contributed by atoms with Gasteiger partial charge < -0.3 is 9.47 Å². The highest BCUT2D eigenvalue weighted by Gasteiger charge is 2.33. The molecule has 1 aromatic carbocycles. The molecule has 4 fully saturated rings. The topological polar surface area (TPSA) is 59.3 Å². The summed E-state index contributed by atoms with van der Waals surface area (Å²) in [5, 5.41) is 9.58. The molecule has 0 unspecified atom stereocenters. The molecule has 44 heavy (non-hydrogen) atoms. The lowest BCUT2D eigenvalue weighted by molar-refractivity contribution is -0.104. The molecule has 0 saturated heterocycles. The van der Waals surface area contributed by atoms with E-state index in [1.165, 1.54) is 126 Å². The van der Waals surface area contributed by atoms with E-state index < -0.39 is 0 Å². The van der Waals surface area contributed by atoms with Gasteiger partial charge >= 0.3 is 0 Å². The molecule has 0 amide bonds. The third-order valence-electron chi connectivity index (χ3n) is 12.1. The number of carbonyl (C=O) groups is 1. The van der Waals surface area contributed by atoms with E-state index in [-0.39, 0.29) is 5.57 Å². The molecule has 6 heteroatoms. The number of rotatable bonds is 9. The molecular formula is C38H53NO3S2. The molecule has 4 saturated carbocycles. The van der Waals surface area contributed by atoms with Gasteiger partial charge in [-0.1, -0.05) is 63.1 Å². The molecular weight excluding hydrogens is 583 g/mol. The van der Waals surface area contributed by atoms with Gasteiger partial charge in [0.1, 0.15) is 23.1 Å². The number of thioether (sulfide) groups is 2. The van der Waals surface area contributed by atoms with Crippen LogP contribution in [0.5, 0.6) is 11.5 Å². The first-order valence-corrected chi connectivity index (χ1v) is 19.5. The number of nitrogens with zero attached hydrogens (tertiary/aromatic N) is 1. The molecule has 0 aromatic heterocycles. The van der Waals surface area contributed by atoms with E-state index in [1.807, 2.05) is 0 Å². The normalized spacial score (nSPS) is 34.1. The summed E-state index contributed by atoms with van der Waals surface area (Å²) >= 11 is 3.00. The Morgan fingerprint density at radius 3 is 1.39 bits per heavy atom. The molecule has 0 bridgehead atoms. The summed E-state index contributed by atoms with van der Waals surface area (Å²) < 4.78 is 13.8. The number of hydrogen-bond acceptors (Lipinski definition) is 6. The van der Waals surface area contributed by atoms with Crippen molar-refractivity contribution in [2.75, 3.05) is 13.2 Å². The van der Waals surface area contributed by atoms with Crippen LogP contribution in [0.4, 0.5) is 0 Å². The summed E-state index contributed by atoms with van der Waals surface area (Å²) in [6.45, 7) is 6.32. The fourth-order valence-electron chi connectivity index (χ4n) is 8.97. The standard InChI is InChI=1S/C38H53NO3S2/c1-25-3-11-29(12-4-25)31-15-7-27(8-16-31)23-41-34-19-20-35(37-36(34)43-38(44-37)33(21-39)22-40)42-24-28-9-17-32(18-10-28)30-13-5-26(2)6-14-30/h19-20,22,25-32H,3-18,23-24H2,1-2H3. The Morgan fingerprint density at radius 1 is 0.682 bits per heavy atom. The minimum Gasteiger partial charge on any atom is -0.492 e. The van der Waals surface area contributed by atoms with Gasteiger partial charge in [0.25, 0.3) is 0 Å². The predicted octanol–water partition coefficient (Wildman–Crippen LogP) is 10.8. The zero-order valence-electron chi connectivity index (χ0n) is 27.1. The molecule has 0 spiro atoms. The van der Waals surface area contributed by atoms with Crippen LogP contribution in [0.2, 0.25) is 0 Å². The number of ether oxygens (including phenoxy) is 2. The highest BCUT2D eigenvalue weighted by atomic mass is 32.2. The van der Waals surface area contributed by atoms with Gasteiger partial charge in [-0.15, -0.1) is 0 Å². The van der Waals surface area contributed by atoms with E-state index >= 15 is 0 Å². The lowest BCUT2D eigenvalue weighted by Crippen LogP contribution is -2.27. The minimum atomic E-state index is 0.193. The monoisotopic (exact) mass is 635 g/mol. The number of fused-ring (bicyclic) bond motifs is 1. The molecule has 0 atom stereocenters. The van der Waals surface area contributed by atoms with Gasteiger partial charge in [-0.2, -0.15) is 5.26 Å². The first-order valence-electron chi connectivity index (χ1n) is 17.9. The second-order valence-corrected chi connectivity index (χ2v) is 17.4. The van der Waals surface area contributed by atoms with Crippen molar-refractivity contribution in [3.8, 4) is 17.6 Å². The Labute approximate surface area is 274 Å². The third kappa shape index (κ3) is 7.86. The molecule has 1 aliphatic heterocycles. The van der Waals surface area contributed by atoms with Crippen LogP contribution in [0.15, 0.2) is 31.7 Å².